The zero-order valence-electron chi connectivity index (χ0n) is 9.40. The summed E-state index contributed by atoms with van der Waals surface area (Å²) >= 11 is 0.654. The highest BCUT2D eigenvalue weighted by Crippen LogP contribution is 2.43. The van der Waals surface area contributed by atoms with Crippen LogP contribution in [0.5, 0.6) is 0 Å². The van der Waals surface area contributed by atoms with Gasteiger partial charge in [-0.1, -0.05) is 30.0 Å². The average Bonchev–Trinajstić information content (AvgIpc) is 2.34. The molecule has 0 aromatic heterocycles. The number of alkyl halides is 2. The van der Waals surface area contributed by atoms with E-state index >= 15 is 0 Å². The molecule has 0 bridgehead atoms. The Morgan fingerprint density at radius 2 is 2.06 bits per heavy atom. The minimum atomic E-state index is -2.49. The molecule has 0 aliphatic carbocycles. The number of rotatable bonds is 2. The lowest BCUT2D eigenvalue weighted by Gasteiger charge is -2.36. The lowest BCUT2D eigenvalue weighted by molar-refractivity contribution is -0.144. The van der Waals surface area contributed by atoms with Gasteiger partial charge in [0.2, 0.25) is 0 Å². The zero-order chi connectivity index (χ0) is 12.5. The third-order valence-electron chi connectivity index (χ3n) is 2.77. The second kappa shape index (κ2) is 4.64. The lowest BCUT2D eigenvalue weighted by Crippen LogP contribution is -2.53. The summed E-state index contributed by atoms with van der Waals surface area (Å²) in [6, 6.07) is 8.59. The monoisotopic (exact) mass is 257 g/mol. The molecule has 1 aromatic carbocycles. The second-order valence-corrected chi connectivity index (χ2v) is 5.31. The van der Waals surface area contributed by atoms with E-state index in [1.807, 2.05) is 0 Å². The number of hydrogen-bond acceptors (Lipinski definition) is 2. The molecule has 2 nitrogen and oxygen atoms in total. The van der Waals surface area contributed by atoms with Crippen LogP contribution in [0.3, 0.4) is 0 Å². The number of benzene rings is 1. The van der Waals surface area contributed by atoms with E-state index in [9.17, 15) is 13.6 Å². The number of thioether (sulfide) groups is 1. The molecule has 1 aliphatic rings. The van der Waals surface area contributed by atoms with Crippen LogP contribution < -0.4 is 0 Å². The number of nitrogens with zero attached hydrogens (tertiary/aromatic N) is 1. The normalized spacial score (nSPS) is 29.5. The van der Waals surface area contributed by atoms with Gasteiger partial charge in [-0.3, -0.25) is 4.79 Å². The van der Waals surface area contributed by atoms with E-state index in [0.29, 0.717) is 16.7 Å². The largest absolute Gasteiger partial charge is 0.342 e. The Morgan fingerprint density at radius 1 is 1.41 bits per heavy atom. The molecule has 1 heterocycles. The molecule has 1 amide bonds. The maximum absolute atomic E-state index is 14.5. The first kappa shape index (κ1) is 12.4. The van der Waals surface area contributed by atoms with Crippen molar-refractivity contribution in [2.75, 3.05) is 13.6 Å². The molecule has 0 radical (unpaired) electrons. The van der Waals surface area contributed by atoms with Crippen molar-refractivity contribution in [3.8, 4) is 0 Å². The van der Waals surface area contributed by atoms with Crippen molar-refractivity contribution < 1.29 is 13.6 Å². The van der Waals surface area contributed by atoms with Crippen molar-refractivity contribution in [2.24, 2.45) is 0 Å². The fourth-order valence-corrected chi connectivity index (χ4v) is 2.88. The summed E-state index contributed by atoms with van der Waals surface area (Å²) in [5.74, 6) is -0.787. The number of carbonyl (C=O) groups excluding carboxylic acids is 1. The van der Waals surface area contributed by atoms with Crippen molar-refractivity contribution in [1.82, 2.24) is 4.90 Å². The molecule has 5 heteroatoms. The Morgan fingerprint density at radius 3 is 2.71 bits per heavy atom. The molecule has 2 atom stereocenters. The minimum absolute atomic E-state index is 0.0403. The zero-order valence-corrected chi connectivity index (χ0v) is 10.2. The summed E-state index contributed by atoms with van der Waals surface area (Å²) in [5.41, 5.74) is 0. The van der Waals surface area contributed by atoms with Crippen LogP contribution in [0.2, 0.25) is 0 Å². The van der Waals surface area contributed by atoms with Gasteiger partial charge in [0.1, 0.15) is 0 Å². The predicted octanol–water partition coefficient (Wildman–Crippen LogP) is 2.64. The standard InChI is InChI=1S/C12H13F2NOS/c1-15-8-7-10(13)12(14,11(15)16)17-9-5-3-2-4-6-9/h2-6,10H,7-8H2,1H3/t10?,12-/m0/s1. The van der Waals surface area contributed by atoms with E-state index in [1.165, 1.54) is 11.9 Å². The van der Waals surface area contributed by atoms with Crippen molar-refractivity contribution >= 4 is 17.7 Å². The van der Waals surface area contributed by atoms with Gasteiger partial charge in [-0.2, -0.15) is 0 Å². The third-order valence-corrected chi connectivity index (χ3v) is 4.00. The topological polar surface area (TPSA) is 20.3 Å². The quantitative estimate of drug-likeness (QED) is 0.811. The van der Waals surface area contributed by atoms with Gasteiger partial charge in [-0.25, -0.2) is 8.78 Å². The van der Waals surface area contributed by atoms with Crippen LogP contribution in [0.15, 0.2) is 35.2 Å². The summed E-state index contributed by atoms with van der Waals surface area (Å²) in [6.45, 7) is 0.265. The van der Waals surface area contributed by atoms with Gasteiger partial charge in [-0.05, 0) is 12.1 Å². The van der Waals surface area contributed by atoms with E-state index < -0.39 is 17.1 Å². The molecule has 1 saturated heterocycles. The number of carbonyl (C=O) groups is 1. The molecular formula is C12H13F2NOS. The Labute approximate surface area is 103 Å². The lowest BCUT2D eigenvalue weighted by atomic mass is 10.1. The molecule has 0 spiro atoms. The van der Waals surface area contributed by atoms with Gasteiger partial charge >= 0.3 is 0 Å². The summed E-state index contributed by atoms with van der Waals surface area (Å²) in [4.78, 5) is 13.6. The number of piperidine rings is 1. The summed E-state index contributed by atoms with van der Waals surface area (Å²) in [6.07, 6.45) is -1.71. The molecule has 0 saturated carbocycles. The first-order valence-corrected chi connectivity index (χ1v) is 6.18. The van der Waals surface area contributed by atoms with Crippen LogP contribution in [0.4, 0.5) is 8.78 Å². The maximum Gasteiger partial charge on any atom is 0.274 e. The van der Waals surface area contributed by atoms with Gasteiger partial charge < -0.3 is 4.90 Å². The first-order chi connectivity index (χ1) is 8.04. The Hall–Kier alpha value is -1.10. The Balaban J connectivity index is 2.24. The minimum Gasteiger partial charge on any atom is -0.342 e. The molecule has 1 fully saturated rings. The Kier molecular flexibility index (Phi) is 3.38. The molecule has 1 aliphatic heterocycles. The van der Waals surface area contributed by atoms with Gasteiger partial charge in [0.15, 0.2) is 6.17 Å². The van der Waals surface area contributed by atoms with Crippen LogP contribution in [0, 0.1) is 0 Å². The van der Waals surface area contributed by atoms with E-state index in [1.54, 1.807) is 30.3 Å². The average molecular weight is 257 g/mol. The van der Waals surface area contributed by atoms with Gasteiger partial charge in [0.25, 0.3) is 10.9 Å². The van der Waals surface area contributed by atoms with Gasteiger partial charge in [0.05, 0.1) is 0 Å². The molecule has 17 heavy (non-hydrogen) atoms. The van der Waals surface area contributed by atoms with Crippen molar-refractivity contribution in [1.29, 1.82) is 0 Å². The van der Waals surface area contributed by atoms with Crippen LogP contribution in [0.25, 0.3) is 0 Å². The van der Waals surface area contributed by atoms with Crippen molar-refractivity contribution in [3.63, 3.8) is 0 Å². The summed E-state index contributed by atoms with van der Waals surface area (Å²) in [5, 5.41) is -2.49. The van der Waals surface area contributed by atoms with Crippen molar-refractivity contribution in [2.45, 2.75) is 22.5 Å². The fourth-order valence-electron chi connectivity index (χ4n) is 1.76. The van der Waals surface area contributed by atoms with Crippen LogP contribution >= 0.6 is 11.8 Å². The van der Waals surface area contributed by atoms with Gasteiger partial charge in [-0.15, -0.1) is 0 Å². The number of hydrogen-bond donors (Lipinski definition) is 0. The first-order valence-electron chi connectivity index (χ1n) is 5.36. The SMILES string of the molecule is CN1CCC(F)[C@](F)(Sc2ccccc2)C1=O. The highest BCUT2D eigenvalue weighted by Gasteiger charge is 2.52. The van der Waals surface area contributed by atoms with E-state index in [4.69, 9.17) is 0 Å². The highest BCUT2D eigenvalue weighted by molar-refractivity contribution is 8.01. The summed E-state index contributed by atoms with van der Waals surface area (Å²) in [7, 11) is 1.49. The van der Waals surface area contributed by atoms with Crippen molar-refractivity contribution in [3.05, 3.63) is 30.3 Å². The van der Waals surface area contributed by atoms with E-state index in [0.717, 1.165) is 0 Å². The molecule has 0 N–H and O–H groups in total. The second-order valence-electron chi connectivity index (χ2n) is 4.04. The predicted molar refractivity (Wildman–Crippen MR) is 63.3 cm³/mol. The number of likely N-dealkylation sites (tertiary alicyclic amines) is 1. The van der Waals surface area contributed by atoms with Crippen LogP contribution in [0.1, 0.15) is 6.42 Å². The highest BCUT2D eigenvalue weighted by atomic mass is 32.2. The summed E-state index contributed by atoms with van der Waals surface area (Å²) < 4.78 is 28.2. The molecular weight excluding hydrogens is 244 g/mol. The van der Waals surface area contributed by atoms with Crippen LogP contribution in [-0.4, -0.2) is 35.6 Å². The molecule has 92 valence electrons. The van der Waals surface area contributed by atoms with Crippen LogP contribution in [-0.2, 0) is 4.79 Å². The van der Waals surface area contributed by atoms with Gasteiger partial charge in [0, 0.05) is 24.9 Å². The third kappa shape index (κ3) is 2.29. The molecule has 2 rings (SSSR count). The van der Waals surface area contributed by atoms with E-state index in [2.05, 4.69) is 0 Å². The molecule has 1 unspecified atom stereocenters. The number of halogens is 2. The number of amides is 1. The smallest absolute Gasteiger partial charge is 0.274 e. The molecule has 1 aromatic rings. The van der Waals surface area contributed by atoms with E-state index in [-0.39, 0.29) is 13.0 Å². The Bertz CT molecular complexity index is 414. The fraction of sp³-hybridized carbons (Fsp3) is 0.417. The maximum atomic E-state index is 14.5.